The van der Waals surface area contributed by atoms with Crippen molar-refractivity contribution in [3.05, 3.63) is 17.0 Å². The van der Waals surface area contributed by atoms with Crippen LogP contribution in [0.1, 0.15) is 17.0 Å². The standard InChI is InChI=1S/C7H10N4OS/c1-4-6(5(2)12-11-4)3-9-10-7(8)13/h3H,1-2H3,(H3,8,10,13)/b9-3+. The fourth-order valence-electron chi connectivity index (χ4n) is 0.835. The van der Waals surface area contributed by atoms with Gasteiger partial charge < -0.3 is 10.3 Å². The Morgan fingerprint density at radius 1 is 1.69 bits per heavy atom. The van der Waals surface area contributed by atoms with Crippen molar-refractivity contribution in [1.82, 2.24) is 10.6 Å². The first-order valence-electron chi connectivity index (χ1n) is 3.62. The van der Waals surface area contributed by atoms with E-state index in [1.165, 1.54) is 0 Å². The van der Waals surface area contributed by atoms with E-state index in [0.717, 1.165) is 11.3 Å². The molecule has 13 heavy (non-hydrogen) atoms. The van der Waals surface area contributed by atoms with Gasteiger partial charge in [0, 0.05) is 0 Å². The highest BCUT2D eigenvalue weighted by atomic mass is 32.1. The van der Waals surface area contributed by atoms with E-state index in [1.54, 1.807) is 6.21 Å². The number of aryl methyl sites for hydroxylation is 2. The van der Waals surface area contributed by atoms with Crippen LogP contribution in [0.4, 0.5) is 0 Å². The Morgan fingerprint density at radius 3 is 2.85 bits per heavy atom. The molecule has 0 aliphatic rings. The molecular weight excluding hydrogens is 188 g/mol. The molecule has 1 aromatic heterocycles. The summed E-state index contributed by atoms with van der Waals surface area (Å²) in [7, 11) is 0. The quantitative estimate of drug-likeness (QED) is 0.410. The zero-order chi connectivity index (χ0) is 9.84. The van der Waals surface area contributed by atoms with Gasteiger partial charge in [-0.25, -0.2) is 0 Å². The molecule has 5 nitrogen and oxygen atoms in total. The van der Waals surface area contributed by atoms with Gasteiger partial charge in [-0.05, 0) is 26.1 Å². The predicted octanol–water partition coefficient (Wildman–Crippen LogP) is 0.459. The van der Waals surface area contributed by atoms with Crippen LogP contribution in [0.2, 0.25) is 0 Å². The fourth-order valence-corrected chi connectivity index (χ4v) is 0.888. The Morgan fingerprint density at radius 2 is 2.38 bits per heavy atom. The number of nitrogens with two attached hydrogens (primary N) is 1. The summed E-state index contributed by atoms with van der Waals surface area (Å²) in [5.41, 5.74) is 9.24. The maximum Gasteiger partial charge on any atom is 0.184 e. The molecule has 0 radical (unpaired) electrons. The molecule has 0 saturated carbocycles. The number of aromatic nitrogens is 1. The summed E-state index contributed by atoms with van der Waals surface area (Å²) in [6, 6.07) is 0. The second kappa shape index (κ2) is 3.99. The first kappa shape index (κ1) is 9.66. The maximum atomic E-state index is 5.18. The minimum atomic E-state index is 0.128. The number of hydrogen-bond donors (Lipinski definition) is 2. The molecule has 3 N–H and O–H groups in total. The number of hydrogen-bond acceptors (Lipinski definition) is 4. The topological polar surface area (TPSA) is 76.4 Å². The lowest BCUT2D eigenvalue weighted by Crippen LogP contribution is -2.24. The largest absolute Gasteiger partial charge is 0.375 e. The minimum Gasteiger partial charge on any atom is -0.375 e. The van der Waals surface area contributed by atoms with E-state index in [2.05, 4.69) is 27.9 Å². The van der Waals surface area contributed by atoms with Gasteiger partial charge in [-0.3, -0.25) is 5.43 Å². The Balaban J connectivity index is 2.73. The van der Waals surface area contributed by atoms with Gasteiger partial charge in [0.25, 0.3) is 0 Å². The van der Waals surface area contributed by atoms with Gasteiger partial charge >= 0.3 is 0 Å². The molecule has 0 atom stereocenters. The molecule has 0 unspecified atom stereocenters. The van der Waals surface area contributed by atoms with Crippen molar-refractivity contribution in [1.29, 1.82) is 0 Å². The average Bonchev–Trinajstić information content (AvgIpc) is 2.34. The molecule has 0 fully saturated rings. The molecule has 1 aromatic rings. The highest BCUT2D eigenvalue weighted by Crippen LogP contribution is 2.08. The summed E-state index contributed by atoms with van der Waals surface area (Å²) in [5, 5.41) is 7.68. The number of nitrogens with zero attached hydrogens (tertiary/aromatic N) is 2. The lowest BCUT2D eigenvalue weighted by atomic mass is 10.2. The number of hydrazone groups is 1. The van der Waals surface area contributed by atoms with E-state index in [0.29, 0.717) is 5.76 Å². The smallest absolute Gasteiger partial charge is 0.184 e. The van der Waals surface area contributed by atoms with Crippen LogP contribution in [-0.2, 0) is 0 Å². The van der Waals surface area contributed by atoms with Crippen molar-refractivity contribution in [2.24, 2.45) is 10.8 Å². The van der Waals surface area contributed by atoms with Crippen molar-refractivity contribution in [2.45, 2.75) is 13.8 Å². The highest BCUT2D eigenvalue weighted by molar-refractivity contribution is 7.80. The Bertz CT molecular complexity index is 325. The summed E-state index contributed by atoms with van der Waals surface area (Å²) in [4.78, 5) is 0. The van der Waals surface area contributed by atoms with Gasteiger partial charge in [0.2, 0.25) is 0 Å². The molecule has 0 bridgehead atoms. The van der Waals surface area contributed by atoms with E-state index in [-0.39, 0.29) is 5.11 Å². The second-order valence-corrected chi connectivity index (χ2v) is 2.91. The van der Waals surface area contributed by atoms with Crippen LogP contribution in [0.25, 0.3) is 0 Å². The fraction of sp³-hybridized carbons (Fsp3) is 0.286. The molecule has 0 amide bonds. The third-order valence-corrected chi connectivity index (χ3v) is 1.55. The van der Waals surface area contributed by atoms with E-state index >= 15 is 0 Å². The van der Waals surface area contributed by atoms with Gasteiger partial charge in [0.05, 0.1) is 17.5 Å². The Kier molecular flexibility index (Phi) is 2.97. The van der Waals surface area contributed by atoms with Crippen LogP contribution in [0.3, 0.4) is 0 Å². The third kappa shape index (κ3) is 2.51. The first-order chi connectivity index (χ1) is 6.11. The normalized spacial score (nSPS) is 10.6. The predicted molar refractivity (Wildman–Crippen MR) is 53.5 cm³/mol. The van der Waals surface area contributed by atoms with Gasteiger partial charge in [-0.1, -0.05) is 5.16 Å². The summed E-state index contributed by atoms with van der Waals surface area (Å²) >= 11 is 4.57. The maximum absolute atomic E-state index is 5.18. The Labute approximate surface area is 81.0 Å². The molecule has 0 saturated heterocycles. The van der Waals surface area contributed by atoms with Gasteiger partial charge in [-0.15, -0.1) is 0 Å². The minimum absolute atomic E-state index is 0.128. The third-order valence-electron chi connectivity index (χ3n) is 1.46. The van der Waals surface area contributed by atoms with Crippen LogP contribution in [0, 0.1) is 13.8 Å². The molecule has 0 spiro atoms. The SMILES string of the molecule is Cc1noc(C)c1/C=N/NC(N)=S. The molecule has 0 aromatic carbocycles. The molecular formula is C7H10N4OS. The zero-order valence-electron chi connectivity index (χ0n) is 7.37. The zero-order valence-corrected chi connectivity index (χ0v) is 8.18. The highest BCUT2D eigenvalue weighted by Gasteiger charge is 2.04. The van der Waals surface area contributed by atoms with Crippen molar-refractivity contribution >= 4 is 23.5 Å². The molecule has 1 rings (SSSR count). The number of thiocarbonyl (C=S) groups is 1. The lowest BCUT2D eigenvalue weighted by molar-refractivity contribution is 0.393. The van der Waals surface area contributed by atoms with Gasteiger partial charge in [0.15, 0.2) is 5.11 Å². The summed E-state index contributed by atoms with van der Waals surface area (Å²) in [6.07, 6.45) is 1.57. The van der Waals surface area contributed by atoms with Crippen LogP contribution < -0.4 is 11.2 Å². The van der Waals surface area contributed by atoms with Crippen LogP contribution in [-0.4, -0.2) is 16.5 Å². The van der Waals surface area contributed by atoms with Gasteiger partial charge in [-0.2, -0.15) is 5.10 Å². The molecule has 1 heterocycles. The van der Waals surface area contributed by atoms with Crippen LogP contribution in [0.5, 0.6) is 0 Å². The Hall–Kier alpha value is -1.43. The van der Waals surface area contributed by atoms with Crippen molar-refractivity contribution in [3.8, 4) is 0 Å². The van der Waals surface area contributed by atoms with Crippen LogP contribution in [0.15, 0.2) is 9.62 Å². The average molecular weight is 198 g/mol. The van der Waals surface area contributed by atoms with E-state index in [1.807, 2.05) is 13.8 Å². The van der Waals surface area contributed by atoms with Crippen molar-refractivity contribution in [2.75, 3.05) is 0 Å². The number of rotatable bonds is 2. The molecule has 70 valence electrons. The lowest BCUT2D eigenvalue weighted by Gasteiger charge is -1.93. The van der Waals surface area contributed by atoms with Gasteiger partial charge in [0.1, 0.15) is 5.76 Å². The van der Waals surface area contributed by atoms with E-state index < -0.39 is 0 Å². The van der Waals surface area contributed by atoms with E-state index in [4.69, 9.17) is 10.3 Å². The molecule has 0 aliphatic heterocycles. The van der Waals surface area contributed by atoms with Crippen LogP contribution >= 0.6 is 12.2 Å². The monoisotopic (exact) mass is 198 g/mol. The summed E-state index contributed by atoms with van der Waals surface area (Å²) in [5.74, 6) is 0.714. The summed E-state index contributed by atoms with van der Waals surface area (Å²) in [6.45, 7) is 3.64. The molecule has 6 heteroatoms. The molecule has 0 aliphatic carbocycles. The first-order valence-corrected chi connectivity index (χ1v) is 4.03. The van der Waals surface area contributed by atoms with E-state index in [9.17, 15) is 0 Å². The second-order valence-electron chi connectivity index (χ2n) is 2.47. The van der Waals surface area contributed by atoms with Crippen molar-refractivity contribution in [3.63, 3.8) is 0 Å². The van der Waals surface area contributed by atoms with Crippen molar-refractivity contribution < 1.29 is 4.52 Å². The number of nitrogens with one attached hydrogen (secondary N) is 1. The summed E-state index contributed by atoms with van der Waals surface area (Å²) < 4.78 is 4.92.